The Morgan fingerprint density at radius 1 is 0.478 bits per heavy atom. The molecular weight excluding hydrogens is 604 g/mol. The molecule has 0 aliphatic rings. The van der Waals surface area contributed by atoms with Crippen LogP contribution >= 0.6 is 11.8 Å². The lowest BCUT2D eigenvalue weighted by atomic mass is 10.1. The van der Waals surface area contributed by atoms with Crippen LogP contribution in [0.3, 0.4) is 0 Å². The van der Waals surface area contributed by atoms with Gasteiger partial charge in [-0.1, -0.05) is 142 Å². The summed E-state index contributed by atoms with van der Waals surface area (Å²) in [6.45, 7) is 4.16. The second-order valence-corrected chi connectivity index (χ2v) is 13.8. The maximum absolute atomic E-state index is 12.5. The van der Waals surface area contributed by atoms with Crippen LogP contribution in [0, 0.1) is 0 Å². The van der Waals surface area contributed by atoms with E-state index < -0.39 is 18.0 Å². The smallest absolute Gasteiger partial charge is 0.306 e. The van der Waals surface area contributed by atoms with E-state index in [9.17, 15) is 19.2 Å². The Hall–Kier alpha value is -1.77. The molecule has 0 aromatic rings. The number of thioether (sulfide) groups is 1. The molecule has 1 N–H and O–H groups in total. The highest BCUT2D eigenvalue weighted by Crippen LogP contribution is 2.14. The lowest BCUT2D eigenvalue weighted by molar-refractivity contribution is -0.166. The molecule has 0 amide bonds. The van der Waals surface area contributed by atoms with E-state index in [1.54, 1.807) is 0 Å². The first-order valence-corrected chi connectivity index (χ1v) is 19.8. The Morgan fingerprint density at radius 2 is 0.826 bits per heavy atom. The highest BCUT2D eigenvalue weighted by molar-refractivity contribution is 7.99. The maximum Gasteiger partial charge on any atom is 0.306 e. The molecule has 0 saturated carbocycles. The molecule has 0 spiro atoms. The van der Waals surface area contributed by atoms with Crippen LogP contribution in [0.25, 0.3) is 0 Å². The number of carboxylic acids is 1. The highest BCUT2D eigenvalue weighted by atomic mass is 32.2. The van der Waals surface area contributed by atoms with Crippen molar-refractivity contribution in [1.29, 1.82) is 0 Å². The summed E-state index contributed by atoms with van der Waals surface area (Å²) < 4.78 is 16.3. The third-order valence-corrected chi connectivity index (χ3v) is 9.02. The van der Waals surface area contributed by atoms with Crippen molar-refractivity contribution < 1.29 is 38.5 Å². The van der Waals surface area contributed by atoms with Crippen LogP contribution in [-0.2, 0) is 33.4 Å². The summed E-state index contributed by atoms with van der Waals surface area (Å²) >= 11 is 1.37. The van der Waals surface area contributed by atoms with Crippen LogP contribution in [0.15, 0.2) is 0 Å². The molecule has 0 aliphatic heterocycles. The zero-order valence-corrected chi connectivity index (χ0v) is 30.3. The van der Waals surface area contributed by atoms with Crippen LogP contribution in [0.5, 0.6) is 0 Å². The average Bonchev–Trinajstić information content (AvgIpc) is 3.03. The lowest BCUT2D eigenvalue weighted by Gasteiger charge is -2.18. The summed E-state index contributed by atoms with van der Waals surface area (Å²) in [5, 5.41) is 8.72. The summed E-state index contributed by atoms with van der Waals surface area (Å²) in [6, 6.07) is 0. The van der Waals surface area contributed by atoms with Crippen molar-refractivity contribution in [2.75, 3.05) is 24.7 Å². The van der Waals surface area contributed by atoms with Crippen molar-refractivity contribution in [2.24, 2.45) is 0 Å². The Morgan fingerprint density at radius 3 is 1.24 bits per heavy atom. The number of hydrogen-bond acceptors (Lipinski definition) is 8. The summed E-state index contributed by atoms with van der Waals surface area (Å²) in [7, 11) is 0. The molecule has 0 bridgehead atoms. The Bertz CT molecular complexity index is 745. The van der Waals surface area contributed by atoms with Crippen molar-refractivity contribution in [3.05, 3.63) is 0 Å². The van der Waals surface area contributed by atoms with Gasteiger partial charge in [-0.05, 0) is 12.8 Å². The number of carbonyl (C=O) groups excluding carboxylic acids is 3. The highest BCUT2D eigenvalue weighted by Gasteiger charge is 2.19. The van der Waals surface area contributed by atoms with Crippen molar-refractivity contribution >= 4 is 35.6 Å². The molecule has 46 heavy (non-hydrogen) atoms. The second kappa shape index (κ2) is 34.6. The largest absolute Gasteiger partial charge is 0.481 e. The molecule has 0 heterocycles. The average molecular weight is 673 g/mol. The standard InChI is InChI=1S/C37H68O8S/c1-3-5-7-9-11-13-15-17-19-21-23-25-35(40)43-31-33(32-44-36(41)28-30-46-29-27-34(38)39)45-37(42)26-24-22-20-18-16-14-12-10-8-6-4-2/h33H,3-32H2,1-2H3,(H,38,39). The molecule has 0 aromatic heterocycles. The first-order chi connectivity index (χ1) is 22.4. The van der Waals surface area contributed by atoms with Crippen molar-refractivity contribution in [3.63, 3.8) is 0 Å². The van der Waals surface area contributed by atoms with E-state index in [1.807, 2.05) is 0 Å². The Labute approximate surface area is 285 Å². The van der Waals surface area contributed by atoms with E-state index in [2.05, 4.69) is 13.8 Å². The van der Waals surface area contributed by atoms with Crippen LogP contribution in [0.2, 0.25) is 0 Å². The summed E-state index contributed by atoms with van der Waals surface area (Å²) in [4.78, 5) is 47.7. The van der Waals surface area contributed by atoms with Gasteiger partial charge in [-0.3, -0.25) is 19.2 Å². The zero-order valence-electron chi connectivity index (χ0n) is 29.5. The molecular formula is C37H68O8S. The molecule has 9 heteroatoms. The van der Waals surface area contributed by atoms with Gasteiger partial charge in [0, 0.05) is 24.3 Å². The van der Waals surface area contributed by atoms with Crippen LogP contribution in [0.4, 0.5) is 0 Å². The first kappa shape index (κ1) is 44.2. The van der Waals surface area contributed by atoms with E-state index in [0.29, 0.717) is 17.9 Å². The van der Waals surface area contributed by atoms with Gasteiger partial charge in [0.15, 0.2) is 6.10 Å². The van der Waals surface area contributed by atoms with Crippen LogP contribution in [-0.4, -0.2) is 59.8 Å². The normalized spacial score (nSPS) is 11.7. The van der Waals surface area contributed by atoms with Crippen molar-refractivity contribution in [1.82, 2.24) is 0 Å². The lowest BCUT2D eigenvalue weighted by Crippen LogP contribution is -2.31. The number of aliphatic carboxylic acids is 1. The van der Waals surface area contributed by atoms with Gasteiger partial charge in [0.25, 0.3) is 0 Å². The second-order valence-electron chi connectivity index (χ2n) is 12.6. The van der Waals surface area contributed by atoms with E-state index in [1.165, 1.54) is 114 Å². The number of unbranched alkanes of at least 4 members (excludes halogenated alkanes) is 20. The number of esters is 3. The van der Waals surface area contributed by atoms with Gasteiger partial charge in [0.2, 0.25) is 0 Å². The van der Waals surface area contributed by atoms with Crippen LogP contribution in [0.1, 0.15) is 181 Å². The first-order valence-electron chi connectivity index (χ1n) is 18.7. The molecule has 270 valence electrons. The minimum atomic E-state index is -0.869. The van der Waals surface area contributed by atoms with Gasteiger partial charge in [-0.25, -0.2) is 0 Å². The van der Waals surface area contributed by atoms with E-state index >= 15 is 0 Å². The van der Waals surface area contributed by atoms with Crippen molar-refractivity contribution in [2.45, 2.75) is 187 Å². The number of carboxylic acid groups (broad SMARTS) is 1. The summed E-state index contributed by atoms with van der Waals surface area (Å²) in [6.07, 6.45) is 26.3. The zero-order chi connectivity index (χ0) is 33.9. The fourth-order valence-electron chi connectivity index (χ4n) is 5.16. The molecule has 8 nitrogen and oxygen atoms in total. The van der Waals surface area contributed by atoms with Gasteiger partial charge < -0.3 is 19.3 Å². The number of carbonyl (C=O) groups is 4. The van der Waals surface area contributed by atoms with Gasteiger partial charge in [-0.2, -0.15) is 11.8 Å². The third-order valence-electron chi connectivity index (χ3n) is 8.04. The molecule has 0 aromatic carbocycles. The van der Waals surface area contributed by atoms with Crippen molar-refractivity contribution in [3.8, 4) is 0 Å². The molecule has 0 fully saturated rings. The summed E-state index contributed by atoms with van der Waals surface area (Å²) in [5.41, 5.74) is 0. The van der Waals surface area contributed by atoms with Gasteiger partial charge in [-0.15, -0.1) is 0 Å². The molecule has 0 radical (unpaired) electrons. The summed E-state index contributed by atoms with van der Waals surface area (Å²) in [5.74, 6) is -1.15. The maximum atomic E-state index is 12.5. The third kappa shape index (κ3) is 33.6. The number of ether oxygens (including phenoxy) is 3. The van der Waals surface area contributed by atoms with E-state index in [-0.39, 0.29) is 44.4 Å². The van der Waals surface area contributed by atoms with Crippen LogP contribution < -0.4 is 0 Å². The Kier molecular flexibility index (Phi) is 33.2. The topological polar surface area (TPSA) is 116 Å². The van der Waals surface area contributed by atoms with E-state index in [0.717, 1.165) is 38.5 Å². The molecule has 1 unspecified atom stereocenters. The van der Waals surface area contributed by atoms with Gasteiger partial charge >= 0.3 is 23.9 Å². The molecule has 0 aliphatic carbocycles. The SMILES string of the molecule is CCCCCCCCCCCCCC(=O)OCC(COC(=O)CCSCCC(=O)O)OC(=O)CCCCCCCCCCCCC. The Balaban J connectivity index is 4.31. The molecule has 0 rings (SSSR count). The minimum Gasteiger partial charge on any atom is -0.481 e. The minimum absolute atomic E-state index is 0.0431. The predicted molar refractivity (Wildman–Crippen MR) is 188 cm³/mol. The fraction of sp³-hybridized carbons (Fsp3) is 0.892. The van der Waals surface area contributed by atoms with E-state index in [4.69, 9.17) is 19.3 Å². The fourth-order valence-corrected chi connectivity index (χ4v) is 6.00. The molecule has 0 saturated heterocycles. The number of rotatable bonds is 35. The monoisotopic (exact) mass is 672 g/mol. The molecule has 1 atom stereocenters. The van der Waals surface area contributed by atoms with Gasteiger partial charge in [0.1, 0.15) is 13.2 Å². The quantitative estimate of drug-likeness (QED) is 0.0399. The number of hydrogen-bond donors (Lipinski definition) is 1. The van der Waals surface area contributed by atoms with Gasteiger partial charge in [0.05, 0.1) is 12.8 Å². The predicted octanol–water partition coefficient (Wildman–Crippen LogP) is 9.98.